The average Bonchev–Trinajstić information content (AvgIpc) is 2.84. The van der Waals surface area contributed by atoms with Gasteiger partial charge in [0, 0.05) is 0 Å². The van der Waals surface area contributed by atoms with Crippen LogP contribution in [0.5, 0.6) is 11.5 Å². The molecule has 0 aromatic heterocycles. The van der Waals surface area contributed by atoms with Crippen molar-refractivity contribution in [2.24, 2.45) is 5.92 Å². The molecular weight excluding hydrogens is 494 g/mol. The number of benzene rings is 2. The first kappa shape index (κ1) is 29.2. The third-order valence-corrected chi connectivity index (χ3v) is 7.07. The van der Waals surface area contributed by atoms with Crippen molar-refractivity contribution in [1.82, 2.24) is 0 Å². The van der Waals surface area contributed by atoms with Crippen LogP contribution in [-0.4, -0.2) is 12.7 Å². The van der Waals surface area contributed by atoms with Gasteiger partial charge in [-0.1, -0.05) is 57.7 Å². The third kappa shape index (κ3) is 8.30. The molecule has 0 spiro atoms. The summed E-state index contributed by atoms with van der Waals surface area (Å²) in [4.78, 5) is 0. The van der Waals surface area contributed by atoms with Crippen LogP contribution >= 0.6 is 0 Å². The monoisotopic (exact) mass is 530 g/mol. The Morgan fingerprint density at radius 2 is 1.51 bits per heavy atom. The molecule has 1 aliphatic rings. The molecule has 2 aromatic carbocycles. The van der Waals surface area contributed by atoms with Crippen molar-refractivity contribution < 1.29 is 35.8 Å². The quantitative estimate of drug-likeness (QED) is 0.201. The van der Waals surface area contributed by atoms with Crippen LogP contribution < -0.4 is 9.47 Å². The van der Waals surface area contributed by atoms with Gasteiger partial charge in [-0.2, -0.15) is 22.0 Å². The van der Waals surface area contributed by atoms with E-state index in [1.54, 1.807) is 12.1 Å². The maximum Gasteiger partial charge on any atom is 0.432 e. The van der Waals surface area contributed by atoms with Gasteiger partial charge in [-0.05, 0) is 79.7 Å². The zero-order chi connectivity index (χ0) is 27.1. The number of hydrogen-bond acceptors (Lipinski definition) is 2. The molecule has 0 radical (unpaired) electrons. The highest BCUT2D eigenvalue weighted by Crippen LogP contribution is 2.41. The van der Waals surface area contributed by atoms with Crippen molar-refractivity contribution in [3.63, 3.8) is 0 Å². The number of rotatable bonds is 12. The second kappa shape index (κ2) is 12.9. The van der Waals surface area contributed by atoms with Crippen LogP contribution in [-0.2, 0) is 12.6 Å². The summed E-state index contributed by atoms with van der Waals surface area (Å²) in [6, 6.07) is 8.44. The second-order valence-corrected chi connectivity index (χ2v) is 9.97. The van der Waals surface area contributed by atoms with Gasteiger partial charge < -0.3 is 9.47 Å². The van der Waals surface area contributed by atoms with E-state index in [0.29, 0.717) is 12.3 Å². The molecule has 0 amide bonds. The Morgan fingerprint density at radius 1 is 0.838 bits per heavy atom. The second-order valence-electron chi connectivity index (χ2n) is 9.97. The van der Waals surface area contributed by atoms with Crippen molar-refractivity contribution in [1.29, 1.82) is 0 Å². The molecule has 0 saturated heterocycles. The average molecular weight is 531 g/mol. The number of alkyl halides is 5. The lowest BCUT2D eigenvalue weighted by Crippen LogP contribution is -2.33. The lowest BCUT2D eigenvalue weighted by molar-refractivity contribution is -0.197. The van der Waals surface area contributed by atoms with Gasteiger partial charge in [-0.15, -0.1) is 0 Å². The summed E-state index contributed by atoms with van der Waals surface area (Å²) in [6.45, 7) is 2.61. The molecule has 3 rings (SSSR count). The lowest BCUT2D eigenvalue weighted by Gasteiger charge is -2.28. The normalized spacial score (nSPS) is 18.6. The number of halogens is 6. The number of ether oxygens (including phenoxy) is 2. The molecule has 0 heterocycles. The number of aryl methyl sites for hydroxylation is 1. The summed E-state index contributed by atoms with van der Waals surface area (Å²) in [6.07, 6.45) is 0.0475. The lowest BCUT2D eigenvalue weighted by atomic mass is 9.77. The van der Waals surface area contributed by atoms with Crippen LogP contribution in [0.15, 0.2) is 36.4 Å². The van der Waals surface area contributed by atoms with Crippen LogP contribution in [0.2, 0.25) is 0 Å². The molecule has 8 heteroatoms. The van der Waals surface area contributed by atoms with E-state index in [1.807, 2.05) is 6.92 Å². The van der Waals surface area contributed by atoms with Crippen molar-refractivity contribution >= 4 is 0 Å². The minimum atomic E-state index is -5.10. The minimum Gasteiger partial charge on any atom is -0.482 e. The topological polar surface area (TPSA) is 18.5 Å². The van der Waals surface area contributed by atoms with E-state index < -0.39 is 36.0 Å². The molecule has 0 bridgehead atoms. The predicted molar refractivity (Wildman–Crippen MR) is 132 cm³/mol. The van der Waals surface area contributed by atoms with E-state index in [-0.39, 0.29) is 17.7 Å². The first-order valence-electron chi connectivity index (χ1n) is 13.2. The van der Waals surface area contributed by atoms with Gasteiger partial charge in [0.2, 0.25) is 0 Å². The molecule has 0 aliphatic heterocycles. The molecule has 1 aliphatic carbocycles. The first-order valence-corrected chi connectivity index (χ1v) is 13.2. The summed E-state index contributed by atoms with van der Waals surface area (Å²) in [5.41, 5.74) is -0.725. The smallest absolute Gasteiger partial charge is 0.432 e. The molecule has 37 heavy (non-hydrogen) atoms. The van der Waals surface area contributed by atoms with E-state index in [4.69, 9.17) is 9.47 Å². The van der Waals surface area contributed by atoms with Crippen LogP contribution in [0.4, 0.5) is 26.3 Å². The fourth-order valence-electron chi connectivity index (χ4n) is 5.11. The maximum absolute atomic E-state index is 14.7. The highest BCUT2D eigenvalue weighted by atomic mass is 19.4. The van der Waals surface area contributed by atoms with Crippen molar-refractivity contribution in [3.05, 3.63) is 58.9 Å². The zero-order valence-corrected chi connectivity index (χ0v) is 21.5. The van der Waals surface area contributed by atoms with Crippen molar-refractivity contribution in [2.45, 2.75) is 96.3 Å². The van der Waals surface area contributed by atoms with E-state index in [1.165, 1.54) is 25.0 Å². The Balaban J connectivity index is 1.62. The fraction of sp³-hybridized carbons (Fsp3) is 0.586. The maximum atomic E-state index is 14.7. The Bertz CT molecular complexity index is 979. The summed E-state index contributed by atoms with van der Waals surface area (Å²) >= 11 is 0. The Hall–Kier alpha value is -2.38. The van der Waals surface area contributed by atoms with Gasteiger partial charge in [0.1, 0.15) is 22.9 Å². The van der Waals surface area contributed by atoms with E-state index in [9.17, 15) is 26.3 Å². The molecule has 0 unspecified atom stereocenters. The van der Waals surface area contributed by atoms with Crippen LogP contribution in [0.25, 0.3) is 0 Å². The zero-order valence-electron chi connectivity index (χ0n) is 21.5. The Labute approximate surface area is 215 Å². The fourth-order valence-corrected chi connectivity index (χ4v) is 5.11. The number of hydrogen-bond donors (Lipinski definition) is 0. The predicted octanol–water partition coefficient (Wildman–Crippen LogP) is 9.70. The Kier molecular flexibility index (Phi) is 10.2. The highest BCUT2D eigenvalue weighted by Gasteiger charge is 2.41. The molecule has 1 saturated carbocycles. The van der Waals surface area contributed by atoms with Crippen LogP contribution in [0, 0.1) is 11.7 Å². The standard InChI is InChI=1S/C29H36F6O2/c1-3-5-6-8-23-15-18-25(26(27(23)30)29(33,34)35)36-19-28(31,32)37-24-16-13-22(14-17-24)21-11-9-20(7-4-2)10-12-21/h13-18,20-21H,3-12,19H2,1-2H3. The van der Waals surface area contributed by atoms with Gasteiger partial charge in [0.05, 0.1) is 0 Å². The molecule has 0 N–H and O–H groups in total. The third-order valence-electron chi connectivity index (χ3n) is 7.07. The van der Waals surface area contributed by atoms with Crippen molar-refractivity contribution in [3.8, 4) is 11.5 Å². The van der Waals surface area contributed by atoms with Crippen LogP contribution in [0.1, 0.15) is 94.2 Å². The molecule has 1 fully saturated rings. The number of unbranched alkanes of at least 4 members (excludes halogenated alkanes) is 2. The van der Waals surface area contributed by atoms with E-state index in [0.717, 1.165) is 62.1 Å². The van der Waals surface area contributed by atoms with Gasteiger partial charge in [0.25, 0.3) is 0 Å². The van der Waals surface area contributed by atoms with Crippen molar-refractivity contribution in [2.75, 3.05) is 6.61 Å². The summed E-state index contributed by atoms with van der Waals surface area (Å²) in [5, 5.41) is 0. The van der Waals surface area contributed by atoms with Gasteiger partial charge in [0.15, 0.2) is 6.61 Å². The summed E-state index contributed by atoms with van der Waals surface area (Å²) in [7, 11) is 0. The summed E-state index contributed by atoms with van der Waals surface area (Å²) < 4.78 is 93.7. The van der Waals surface area contributed by atoms with Gasteiger partial charge in [-0.25, -0.2) is 4.39 Å². The first-order chi connectivity index (χ1) is 17.5. The minimum absolute atomic E-state index is 0.116. The Morgan fingerprint density at radius 3 is 2.11 bits per heavy atom. The van der Waals surface area contributed by atoms with E-state index in [2.05, 4.69) is 6.92 Å². The largest absolute Gasteiger partial charge is 0.482 e. The summed E-state index contributed by atoms with van der Waals surface area (Å²) in [5.74, 6) is -1.45. The molecular formula is C29H36F6O2. The molecule has 2 aromatic rings. The SMILES string of the molecule is CCCCCc1ccc(OCC(F)(F)Oc2ccc(C3CCC(CCC)CC3)cc2)c(C(F)(F)F)c1F. The molecule has 2 nitrogen and oxygen atoms in total. The van der Waals surface area contributed by atoms with E-state index >= 15 is 0 Å². The van der Waals surface area contributed by atoms with Gasteiger partial charge >= 0.3 is 12.3 Å². The van der Waals surface area contributed by atoms with Crippen LogP contribution in [0.3, 0.4) is 0 Å². The molecule has 0 atom stereocenters. The molecule has 206 valence electrons. The van der Waals surface area contributed by atoms with Gasteiger partial charge in [-0.3, -0.25) is 0 Å². The highest BCUT2D eigenvalue weighted by molar-refractivity contribution is 5.41.